The molecule has 0 aliphatic heterocycles. The molecule has 0 aliphatic carbocycles. The molecule has 0 radical (unpaired) electrons. The molecule has 0 unspecified atom stereocenters. The molecular formula is C28H39FN10O. The van der Waals surface area contributed by atoms with Gasteiger partial charge in [0.05, 0.1) is 24.4 Å². The molecule has 214 valence electrons. The third-order valence-corrected chi connectivity index (χ3v) is 5.57. The van der Waals surface area contributed by atoms with E-state index >= 15 is 0 Å². The molecule has 0 fully saturated rings. The summed E-state index contributed by atoms with van der Waals surface area (Å²) in [7, 11) is 0. The molecule has 40 heavy (non-hydrogen) atoms. The van der Waals surface area contributed by atoms with Crippen LogP contribution in [0.2, 0.25) is 0 Å². The van der Waals surface area contributed by atoms with E-state index in [2.05, 4.69) is 25.1 Å². The first-order valence-corrected chi connectivity index (χ1v) is 13.1. The highest BCUT2D eigenvalue weighted by atomic mass is 19.1. The van der Waals surface area contributed by atoms with Gasteiger partial charge in [0.25, 0.3) is 0 Å². The summed E-state index contributed by atoms with van der Waals surface area (Å²) in [5.41, 5.74) is 20.8. The maximum Gasteiger partial charge on any atom is 0.219 e. The van der Waals surface area contributed by atoms with E-state index in [4.69, 9.17) is 17.2 Å². The molecule has 0 spiro atoms. The van der Waals surface area contributed by atoms with Gasteiger partial charge < -0.3 is 22.3 Å². The fourth-order valence-electron chi connectivity index (χ4n) is 3.56. The number of nitrogen functional groups attached to an aromatic ring is 2. The molecule has 1 aromatic carbocycles. The molecule has 0 saturated carbocycles. The number of aliphatic hydroxyl groups is 1. The summed E-state index contributed by atoms with van der Waals surface area (Å²) in [5.74, 6) is 0.347. The summed E-state index contributed by atoms with van der Waals surface area (Å²) in [6.07, 6.45) is 9.64. The second-order valence-electron chi connectivity index (χ2n) is 8.54. The Bertz CT molecular complexity index is 1400. The zero-order chi connectivity index (χ0) is 29.9. The number of aliphatic hydroxyl groups excluding tert-OH is 1. The number of rotatable bonds is 5. The highest BCUT2D eigenvalue weighted by Gasteiger charge is 2.24. The number of hydrogen-bond acceptors (Lipinski definition) is 9. The Morgan fingerprint density at radius 1 is 0.900 bits per heavy atom. The first-order valence-electron chi connectivity index (χ1n) is 13.1. The number of anilines is 2. The largest absolute Gasteiger partial charge is 0.391 e. The molecule has 0 amide bonds. The van der Waals surface area contributed by atoms with Crippen LogP contribution in [0.4, 0.5) is 16.2 Å². The molecule has 11 nitrogen and oxygen atoms in total. The third-order valence-electron chi connectivity index (χ3n) is 5.57. The van der Waals surface area contributed by atoms with Crippen LogP contribution in [-0.2, 0) is 12.1 Å². The first-order chi connectivity index (χ1) is 19.1. The summed E-state index contributed by atoms with van der Waals surface area (Å²) < 4.78 is 16.2. The second-order valence-corrected chi connectivity index (χ2v) is 8.54. The van der Waals surface area contributed by atoms with Gasteiger partial charge in [-0.3, -0.25) is 4.68 Å². The number of benzene rings is 1. The number of nitrogens with two attached hydrogens (primary N) is 3. The molecule has 7 N–H and O–H groups in total. The van der Waals surface area contributed by atoms with Crippen molar-refractivity contribution in [2.45, 2.75) is 59.7 Å². The molecule has 0 bridgehead atoms. The van der Waals surface area contributed by atoms with E-state index in [1.807, 2.05) is 53.1 Å². The van der Waals surface area contributed by atoms with E-state index in [-0.39, 0.29) is 11.8 Å². The molecule has 5 rings (SSSR count). The van der Waals surface area contributed by atoms with Crippen LogP contribution in [0.15, 0.2) is 67.6 Å². The number of hydrogen-bond donors (Lipinski definition) is 4. The third kappa shape index (κ3) is 8.04. The van der Waals surface area contributed by atoms with Crippen LogP contribution in [0.25, 0.3) is 16.6 Å². The predicted octanol–water partition coefficient (Wildman–Crippen LogP) is 4.03. The van der Waals surface area contributed by atoms with Gasteiger partial charge in [-0.25, -0.2) is 23.9 Å². The minimum atomic E-state index is -0.776. The van der Waals surface area contributed by atoms with Crippen molar-refractivity contribution in [1.82, 2.24) is 34.3 Å². The summed E-state index contributed by atoms with van der Waals surface area (Å²) >= 11 is 0. The lowest BCUT2D eigenvalue weighted by atomic mass is 9.87. The van der Waals surface area contributed by atoms with Crippen LogP contribution in [-0.4, -0.2) is 45.6 Å². The highest BCUT2D eigenvalue weighted by molar-refractivity contribution is 5.75. The van der Waals surface area contributed by atoms with Gasteiger partial charge in [0.15, 0.2) is 5.82 Å². The van der Waals surface area contributed by atoms with Crippen molar-refractivity contribution in [2.24, 2.45) is 5.73 Å². The van der Waals surface area contributed by atoms with Gasteiger partial charge in [-0.05, 0) is 37.6 Å². The lowest BCUT2D eigenvalue weighted by Gasteiger charge is -2.25. The molecule has 0 aliphatic rings. The fraction of sp³-hybridized carbons (Fsp3) is 0.321. The summed E-state index contributed by atoms with van der Waals surface area (Å²) in [6, 6.07) is 7.95. The van der Waals surface area contributed by atoms with Crippen molar-refractivity contribution in [1.29, 1.82) is 0 Å². The summed E-state index contributed by atoms with van der Waals surface area (Å²) in [5, 5.41) is 17.6. The Hall–Kier alpha value is -4.42. The number of aromatic nitrogens is 7. The zero-order valence-electron chi connectivity index (χ0n) is 23.8. The van der Waals surface area contributed by atoms with Gasteiger partial charge in [0.2, 0.25) is 5.95 Å². The molecule has 0 saturated heterocycles. The normalized spacial score (nSPS) is 12.5. The number of halogens is 1. The average Bonchev–Trinajstić information content (AvgIpc) is 3.59. The number of fused-ring (bicyclic) bond motifs is 1. The Labute approximate surface area is 233 Å². The lowest BCUT2D eigenvalue weighted by Crippen LogP contribution is -2.34. The Morgan fingerprint density at radius 2 is 1.52 bits per heavy atom. The van der Waals surface area contributed by atoms with E-state index in [1.54, 1.807) is 46.8 Å². The van der Waals surface area contributed by atoms with Crippen LogP contribution in [0, 0.1) is 5.82 Å². The molecular weight excluding hydrogens is 511 g/mol. The lowest BCUT2D eigenvalue weighted by molar-refractivity contribution is 0.168. The van der Waals surface area contributed by atoms with Crippen LogP contribution >= 0.6 is 0 Å². The Kier molecular flexibility index (Phi) is 11.7. The smallest absolute Gasteiger partial charge is 0.219 e. The number of nitrogens with zero attached hydrogens (tertiary/aromatic N) is 7. The van der Waals surface area contributed by atoms with E-state index in [9.17, 15) is 9.50 Å². The Morgan fingerprint density at radius 3 is 2.10 bits per heavy atom. The highest BCUT2D eigenvalue weighted by Crippen LogP contribution is 2.26. The van der Waals surface area contributed by atoms with Crippen molar-refractivity contribution in [2.75, 3.05) is 11.5 Å². The summed E-state index contributed by atoms with van der Waals surface area (Å²) in [4.78, 5) is 11.8. The van der Waals surface area contributed by atoms with Gasteiger partial charge >= 0.3 is 0 Å². The van der Waals surface area contributed by atoms with E-state index < -0.39 is 11.6 Å². The molecule has 4 heterocycles. The van der Waals surface area contributed by atoms with Gasteiger partial charge in [-0.15, -0.1) is 0 Å². The van der Waals surface area contributed by atoms with Crippen molar-refractivity contribution in [3.8, 4) is 11.1 Å². The van der Waals surface area contributed by atoms with E-state index in [0.717, 1.165) is 27.8 Å². The minimum Gasteiger partial charge on any atom is -0.391 e. The SMILES string of the molecule is CC.CC.C[C@@H](O)Cn1cc(-c2cc3c(N)ncnn3c2)cn1.C[C@](N)(c1ccc(F)cc1)c1cnc(N)nc1. The standard InChI is InChI=1S/C12H13FN4.C12H14N6O.2C2H6/c1-12(15,8-2-4-10(13)5-3-8)9-6-16-11(14)17-7-9;1-8(19)4-17-5-10(3-15-17)9-2-11-12(13)14-7-16-18(11)6-9;2*1-2/h2-7H,15H2,1H3,(H2,14,16,17);2-3,5-8,19H,4H2,1H3,(H2,13,14,16);2*1-2H3/t12-;8-;;/m01../s1. The molecule has 4 aromatic heterocycles. The van der Waals surface area contributed by atoms with Crippen LogP contribution < -0.4 is 17.2 Å². The zero-order valence-corrected chi connectivity index (χ0v) is 23.8. The van der Waals surface area contributed by atoms with Crippen molar-refractivity contribution < 1.29 is 9.50 Å². The monoisotopic (exact) mass is 550 g/mol. The first kappa shape index (κ1) is 31.8. The van der Waals surface area contributed by atoms with Crippen LogP contribution in [0.3, 0.4) is 0 Å². The molecule has 12 heteroatoms. The molecule has 2 atom stereocenters. The Balaban J connectivity index is 0.000000251. The minimum absolute atomic E-state index is 0.198. The maximum atomic E-state index is 12.8. The molecule has 5 aromatic rings. The second kappa shape index (κ2) is 14.7. The van der Waals surface area contributed by atoms with Gasteiger partial charge in [-0.2, -0.15) is 10.2 Å². The average molecular weight is 551 g/mol. The summed E-state index contributed by atoms with van der Waals surface area (Å²) in [6.45, 7) is 12.0. The van der Waals surface area contributed by atoms with Gasteiger partial charge in [-0.1, -0.05) is 39.8 Å². The quantitative estimate of drug-likeness (QED) is 0.252. The van der Waals surface area contributed by atoms with Gasteiger partial charge in [0.1, 0.15) is 17.7 Å². The van der Waals surface area contributed by atoms with Gasteiger partial charge in [0, 0.05) is 41.5 Å². The van der Waals surface area contributed by atoms with Crippen molar-refractivity contribution in [3.05, 3.63) is 84.6 Å². The van der Waals surface area contributed by atoms with Crippen LogP contribution in [0.5, 0.6) is 0 Å². The maximum absolute atomic E-state index is 12.8. The van der Waals surface area contributed by atoms with E-state index in [1.165, 1.54) is 18.5 Å². The van der Waals surface area contributed by atoms with E-state index in [0.29, 0.717) is 12.4 Å². The fourth-order valence-corrected chi connectivity index (χ4v) is 3.56. The topological polar surface area (TPSA) is 172 Å². The van der Waals surface area contributed by atoms with Crippen molar-refractivity contribution >= 4 is 17.3 Å². The predicted molar refractivity (Wildman–Crippen MR) is 156 cm³/mol. The van der Waals surface area contributed by atoms with Crippen molar-refractivity contribution in [3.63, 3.8) is 0 Å². The van der Waals surface area contributed by atoms with Crippen LogP contribution in [0.1, 0.15) is 52.7 Å².